The van der Waals surface area contributed by atoms with Crippen molar-refractivity contribution in [3.63, 3.8) is 0 Å². The zero-order chi connectivity index (χ0) is 14.6. The Morgan fingerprint density at radius 3 is 3.05 bits per heavy atom. The number of ether oxygens (including phenoxy) is 1. The van der Waals surface area contributed by atoms with Crippen LogP contribution in [0.25, 0.3) is 10.9 Å². The van der Waals surface area contributed by atoms with E-state index in [-0.39, 0.29) is 16.9 Å². The predicted molar refractivity (Wildman–Crippen MR) is 78.2 cm³/mol. The summed E-state index contributed by atoms with van der Waals surface area (Å²) in [6.07, 6.45) is 1.75. The van der Waals surface area contributed by atoms with Crippen LogP contribution in [0.1, 0.15) is 24.5 Å². The fourth-order valence-electron chi connectivity index (χ4n) is 3.18. The number of benzene rings is 1. The van der Waals surface area contributed by atoms with Crippen molar-refractivity contribution < 1.29 is 9.13 Å². The Morgan fingerprint density at radius 2 is 2.33 bits per heavy atom. The van der Waals surface area contributed by atoms with Crippen molar-refractivity contribution in [3.05, 3.63) is 39.4 Å². The summed E-state index contributed by atoms with van der Waals surface area (Å²) in [5.41, 5.74) is 1.29. The first-order valence-corrected chi connectivity index (χ1v) is 7.38. The van der Waals surface area contributed by atoms with E-state index in [0.29, 0.717) is 47.9 Å². The van der Waals surface area contributed by atoms with Gasteiger partial charge in [0, 0.05) is 36.5 Å². The molecule has 0 aliphatic carbocycles. The number of hydrogen-bond acceptors (Lipinski definition) is 3. The summed E-state index contributed by atoms with van der Waals surface area (Å²) in [7, 11) is 0. The van der Waals surface area contributed by atoms with E-state index in [9.17, 15) is 9.18 Å². The maximum absolute atomic E-state index is 14.7. The smallest absolute Gasteiger partial charge is 0.255 e. The molecule has 0 amide bonds. The van der Waals surface area contributed by atoms with Crippen molar-refractivity contribution in [2.75, 3.05) is 13.2 Å². The number of nitrogens with zero attached hydrogens (tertiary/aromatic N) is 1. The van der Waals surface area contributed by atoms with Crippen LogP contribution >= 0.6 is 0 Å². The Bertz CT molecular complexity index is 784. The van der Waals surface area contributed by atoms with Crippen molar-refractivity contribution in [2.24, 2.45) is 0 Å². The quantitative estimate of drug-likeness (QED) is 0.921. The number of likely N-dealkylation sites (tertiary alicyclic amines) is 1. The summed E-state index contributed by atoms with van der Waals surface area (Å²) in [4.78, 5) is 16.9. The van der Waals surface area contributed by atoms with Gasteiger partial charge in [-0.2, -0.15) is 0 Å². The van der Waals surface area contributed by atoms with E-state index in [0.717, 1.165) is 13.0 Å². The van der Waals surface area contributed by atoms with Gasteiger partial charge in [-0.05, 0) is 19.4 Å². The molecule has 1 aromatic carbocycles. The van der Waals surface area contributed by atoms with Gasteiger partial charge in [0.25, 0.3) is 5.56 Å². The average molecular weight is 288 g/mol. The summed E-state index contributed by atoms with van der Waals surface area (Å²) in [6, 6.07) is 4.17. The standard InChI is InChI=1S/C16H17FN2O2/c1-9-4-6-19(9)8-10-2-3-11-14(13(10)17)18-16(20)12-5-7-21-15(11)12/h2-3,9H,4-8H2,1H3,(H,18,20). The van der Waals surface area contributed by atoms with Gasteiger partial charge >= 0.3 is 0 Å². The van der Waals surface area contributed by atoms with Crippen LogP contribution in [0, 0.1) is 5.82 Å². The van der Waals surface area contributed by atoms with Gasteiger partial charge in [0.05, 0.1) is 17.7 Å². The van der Waals surface area contributed by atoms with Gasteiger partial charge in [-0.3, -0.25) is 9.69 Å². The molecule has 4 nitrogen and oxygen atoms in total. The topological polar surface area (TPSA) is 45.3 Å². The summed E-state index contributed by atoms with van der Waals surface area (Å²) >= 11 is 0. The molecule has 1 N–H and O–H groups in total. The number of aromatic amines is 1. The van der Waals surface area contributed by atoms with E-state index in [4.69, 9.17) is 4.74 Å². The monoisotopic (exact) mass is 288 g/mol. The van der Waals surface area contributed by atoms with E-state index in [1.165, 1.54) is 0 Å². The molecular weight excluding hydrogens is 271 g/mol. The lowest BCUT2D eigenvalue weighted by Gasteiger charge is -2.38. The molecule has 5 heteroatoms. The second-order valence-electron chi connectivity index (χ2n) is 5.93. The SMILES string of the molecule is CC1CCN1Cc1ccc2c3c(c(=O)[nH]c2c1F)CCO3. The lowest BCUT2D eigenvalue weighted by Crippen LogP contribution is -2.44. The van der Waals surface area contributed by atoms with Crippen molar-refractivity contribution in [1.29, 1.82) is 0 Å². The van der Waals surface area contributed by atoms with Gasteiger partial charge in [0.15, 0.2) is 5.82 Å². The number of H-pyrrole nitrogens is 1. The molecule has 1 fully saturated rings. The normalized spacial score (nSPS) is 21.1. The van der Waals surface area contributed by atoms with Crippen LogP contribution in [0.5, 0.6) is 5.75 Å². The lowest BCUT2D eigenvalue weighted by molar-refractivity contribution is 0.0946. The van der Waals surface area contributed by atoms with Crippen LogP contribution in [-0.2, 0) is 13.0 Å². The molecule has 0 saturated carbocycles. The Hall–Kier alpha value is -1.88. The van der Waals surface area contributed by atoms with Crippen LogP contribution < -0.4 is 10.3 Å². The molecule has 3 heterocycles. The highest BCUT2D eigenvalue weighted by molar-refractivity contribution is 5.87. The molecule has 21 heavy (non-hydrogen) atoms. The minimum absolute atomic E-state index is 0.233. The molecule has 1 saturated heterocycles. The molecule has 1 aromatic heterocycles. The summed E-state index contributed by atoms with van der Waals surface area (Å²) in [6.45, 7) is 4.22. The third-order valence-corrected chi connectivity index (χ3v) is 4.68. The van der Waals surface area contributed by atoms with E-state index in [1.54, 1.807) is 0 Å². The van der Waals surface area contributed by atoms with Crippen LogP contribution in [0.2, 0.25) is 0 Å². The fraction of sp³-hybridized carbons (Fsp3) is 0.438. The third kappa shape index (κ3) is 1.87. The predicted octanol–water partition coefficient (Wildman–Crippen LogP) is 2.20. The second kappa shape index (κ2) is 4.56. The van der Waals surface area contributed by atoms with Crippen molar-refractivity contribution in [1.82, 2.24) is 9.88 Å². The molecule has 2 aliphatic heterocycles. The van der Waals surface area contributed by atoms with Gasteiger partial charge in [-0.25, -0.2) is 4.39 Å². The number of hydrogen-bond donors (Lipinski definition) is 1. The van der Waals surface area contributed by atoms with Gasteiger partial charge in [0.2, 0.25) is 0 Å². The van der Waals surface area contributed by atoms with E-state index in [2.05, 4.69) is 16.8 Å². The molecule has 0 bridgehead atoms. The van der Waals surface area contributed by atoms with Crippen LogP contribution in [0.3, 0.4) is 0 Å². The van der Waals surface area contributed by atoms with Crippen LogP contribution in [-0.4, -0.2) is 29.1 Å². The highest BCUT2D eigenvalue weighted by Gasteiger charge is 2.26. The van der Waals surface area contributed by atoms with Gasteiger partial charge in [0.1, 0.15) is 5.75 Å². The largest absolute Gasteiger partial charge is 0.492 e. The number of fused-ring (bicyclic) bond motifs is 3. The first-order chi connectivity index (χ1) is 10.1. The number of nitrogens with one attached hydrogen (secondary N) is 1. The Morgan fingerprint density at radius 1 is 1.48 bits per heavy atom. The minimum atomic E-state index is -0.331. The maximum atomic E-state index is 14.7. The Balaban J connectivity index is 1.83. The summed E-state index contributed by atoms with van der Waals surface area (Å²) < 4.78 is 20.2. The molecule has 0 radical (unpaired) electrons. The molecule has 1 unspecified atom stereocenters. The van der Waals surface area contributed by atoms with Crippen molar-refractivity contribution >= 4 is 10.9 Å². The Kier molecular flexibility index (Phi) is 2.79. The first kappa shape index (κ1) is 12.8. The zero-order valence-corrected chi connectivity index (χ0v) is 11.9. The van der Waals surface area contributed by atoms with Crippen LogP contribution in [0.4, 0.5) is 4.39 Å². The number of rotatable bonds is 2. The third-order valence-electron chi connectivity index (χ3n) is 4.68. The maximum Gasteiger partial charge on any atom is 0.255 e. The fourth-order valence-corrected chi connectivity index (χ4v) is 3.18. The number of pyridine rings is 1. The lowest BCUT2D eigenvalue weighted by atomic mass is 10.0. The second-order valence-corrected chi connectivity index (χ2v) is 5.93. The molecule has 2 aliphatic rings. The first-order valence-electron chi connectivity index (χ1n) is 7.38. The van der Waals surface area contributed by atoms with Crippen molar-refractivity contribution in [2.45, 2.75) is 32.4 Å². The van der Waals surface area contributed by atoms with Gasteiger partial charge in [-0.15, -0.1) is 0 Å². The zero-order valence-electron chi connectivity index (χ0n) is 11.9. The molecule has 2 aromatic rings. The van der Waals surface area contributed by atoms with Crippen molar-refractivity contribution in [3.8, 4) is 5.75 Å². The van der Waals surface area contributed by atoms with Crippen LogP contribution in [0.15, 0.2) is 16.9 Å². The molecular formula is C16H17FN2O2. The van der Waals surface area contributed by atoms with E-state index >= 15 is 0 Å². The average Bonchev–Trinajstić information content (AvgIpc) is 2.96. The van der Waals surface area contributed by atoms with Gasteiger partial charge < -0.3 is 9.72 Å². The van der Waals surface area contributed by atoms with E-state index < -0.39 is 0 Å². The molecule has 0 spiro atoms. The number of halogens is 1. The van der Waals surface area contributed by atoms with Gasteiger partial charge in [-0.1, -0.05) is 6.07 Å². The molecule has 110 valence electrons. The Labute approximate surface area is 121 Å². The minimum Gasteiger partial charge on any atom is -0.492 e. The summed E-state index contributed by atoms with van der Waals surface area (Å²) in [5, 5.41) is 0.667. The molecule has 4 rings (SSSR count). The number of aromatic nitrogens is 1. The molecule has 1 atom stereocenters. The van der Waals surface area contributed by atoms with E-state index in [1.807, 2.05) is 12.1 Å². The highest BCUT2D eigenvalue weighted by atomic mass is 19.1. The highest BCUT2D eigenvalue weighted by Crippen LogP contribution is 2.33. The summed E-state index contributed by atoms with van der Waals surface area (Å²) in [5.74, 6) is 0.221.